The molecule has 90 valence electrons. The van der Waals surface area contributed by atoms with Crippen molar-refractivity contribution in [2.45, 2.75) is 19.8 Å². The molecule has 3 heteroatoms. The smallest absolute Gasteiger partial charge is 0.119 e. The van der Waals surface area contributed by atoms with E-state index in [1.165, 1.54) is 0 Å². The van der Waals surface area contributed by atoms with E-state index in [1.54, 1.807) is 0 Å². The van der Waals surface area contributed by atoms with Gasteiger partial charge in [0.1, 0.15) is 5.75 Å². The number of ether oxygens (including phenoxy) is 1. The van der Waals surface area contributed by atoms with Gasteiger partial charge in [-0.15, -0.1) is 0 Å². The van der Waals surface area contributed by atoms with Gasteiger partial charge in [-0.3, -0.25) is 0 Å². The van der Waals surface area contributed by atoms with Crippen molar-refractivity contribution in [3.05, 3.63) is 29.8 Å². The fourth-order valence-electron chi connectivity index (χ4n) is 1.35. The molecular formula is C13H20O3. The zero-order valence-electron chi connectivity index (χ0n) is 9.72. The number of aliphatic hydroxyl groups excluding tert-OH is 2. The Labute approximate surface area is 96.7 Å². The largest absolute Gasteiger partial charge is 0.494 e. The Morgan fingerprint density at radius 3 is 2.44 bits per heavy atom. The van der Waals surface area contributed by atoms with Crippen molar-refractivity contribution >= 4 is 0 Å². The van der Waals surface area contributed by atoms with Gasteiger partial charge >= 0.3 is 0 Å². The Kier molecular flexibility index (Phi) is 5.90. The summed E-state index contributed by atoms with van der Waals surface area (Å²) in [6.07, 6.45) is 1.54. The topological polar surface area (TPSA) is 49.7 Å². The Balaban J connectivity index is 2.31. The fourth-order valence-corrected chi connectivity index (χ4v) is 1.35. The van der Waals surface area contributed by atoms with Crippen LogP contribution in [0.25, 0.3) is 0 Å². The Morgan fingerprint density at radius 2 is 1.88 bits per heavy atom. The maximum Gasteiger partial charge on any atom is 0.119 e. The number of rotatable bonds is 7. The van der Waals surface area contributed by atoms with E-state index >= 15 is 0 Å². The molecule has 0 amide bonds. The minimum atomic E-state index is 0.175. The van der Waals surface area contributed by atoms with Crippen LogP contribution in [0, 0.1) is 5.92 Å². The molecule has 0 fully saturated rings. The third-order valence-electron chi connectivity index (χ3n) is 2.51. The first-order valence-electron chi connectivity index (χ1n) is 5.69. The lowest BCUT2D eigenvalue weighted by Gasteiger charge is -2.09. The zero-order chi connectivity index (χ0) is 11.8. The van der Waals surface area contributed by atoms with Crippen LogP contribution in [0.2, 0.25) is 0 Å². The maximum absolute atomic E-state index is 8.85. The molecule has 0 aliphatic heterocycles. The maximum atomic E-state index is 8.85. The van der Waals surface area contributed by atoms with E-state index in [0.29, 0.717) is 13.0 Å². The highest BCUT2D eigenvalue weighted by molar-refractivity contribution is 5.27. The van der Waals surface area contributed by atoms with Crippen molar-refractivity contribution in [2.24, 2.45) is 5.92 Å². The van der Waals surface area contributed by atoms with Gasteiger partial charge in [0.15, 0.2) is 0 Å². The molecular weight excluding hydrogens is 204 g/mol. The first kappa shape index (κ1) is 13.0. The molecule has 16 heavy (non-hydrogen) atoms. The SMILES string of the molecule is C[C@H](CO)CCOc1ccc(CCO)cc1. The predicted molar refractivity (Wildman–Crippen MR) is 63.6 cm³/mol. The van der Waals surface area contributed by atoms with E-state index in [9.17, 15) is 0 Å². The van der Waals surface area contributed by atoms with Gasteiger partial charge < -0.3 is 14.9 Å². The van der Waals surface area contributed by atoms with Gasteiger partial charge in [0.25, 0.3) is 0 Å². The van der Waals surface area contributed by atoms with Crippen LogP contribution in [0.5, 0.6) is 5.75 Å². The summed E-state index contributed by atoms with van der Waals surface area (Å²) in [5, 5.41) is 17.6. The van der Waals surface area contributed by atoms with Crippen molar-refractivity contribution in [2.75, 3.05) is 19.8 Å². The number of hydrogen-bond acceptors (Lipinski definition) is 3. The average Bonchev–Trinajstić information content (AvgIpc) is 2.31. The predicted octanol–water partition coefficient (Wildman–Crippen LogP) is 1.62. The van der Waals surface area contributed by atoms with E-state index < -0.39 is 0 Å². The van der Waals surface area contributed by atoms with Crippen molar-refractivity contribution < 1.29 is 14.9 Å². The van der Waals surface area contributed by atoms with Gasteiger partial charge in [-0.05, 0) is 36.5 Å². The summed E-state index contributed by atoms with van der Waals surface area (Å²) in [5.41, 5.74) is 1.11. The van der Waals surface area contributed by atoms with E-state index in [-0.39, 0.29) is 19.1 Å². The van der Waals surface area contributed by atoms with Crippen LogP contribution in [-0.4, -0.2) is 30.0 Å². The molecule has 1 rings (SSSR count). The monoisotopic (exact) mass is 224 g/mol. The fraction of sp³-hybridized carbons (Fsp3) is 0.538. The van der Waals surface area contributed by atoms with Gasteiger partial charge in [-0.2, -0.15) is 0 Å². The number of aliphatic hydroxyl groups is 2. The molecule has 1 aromatic carbocycles. The summed E-state index contributed by atoms with van der Waals surface area (Å²) < 4.78 is 5.54. The van der Waals surface area contributed by atoms with Gasteiger partial charge in [0.2, 0.25) is 0 Å². The lowest BCUT2D eigenvalue weighted by Crippen LogP contribution is -2.07. The second-order valence-corrected chi connectivity index (χ2v) is 4.04. The van der Waals surface area contributed by atoms with Crippen LogP contribution < -0.4 is 4.74 Å². The highest BCUT2D eigenvalue weighted by Crippen LogP contribution is 2.13. The molecule has 2 N–H and O–H groups in total. The molecule has 0 radical (unpaired) electrons. The van der Waals surface area contributed by atoms with Crippen LogP contribution in [0.1, 0.15) is 18.9 Å². The molecule has 1 aromatic rings. The standard InChI is InChI=1S/C13H20O3/c1-11(10-15)7-9-16-13-4-2-12(3-5-13)6-8-14/h2-5,11,14-15H,6-10H2,1H3/t11-/m0/s1. The summed E-state index contributed by atoms with van der Waals surface area (Å²) in [6.45, 7) is 3.00. The van der Waals surface area contributed by atoms with Crippen LogP contribution in [-0.2, 0) is 6.42 Å². The normalized spacial score (nSPS) is 12.4. The van der Waals surface area contributed by atoms with E-state index in [0.717, 1.165) is 17.7 Å². The van der Waals surface area contributed by atoms with Crippen LogP contribution in [0.3, 0.4) is 0 Å². The Hall–Kier alpha value is -1.06. The summed E-state index contributed by atoms with van der Waals surface area (Å²) in [7, 11) is 0. The molecule has 0 saturated carbocycles. The summed E-state index contributed by atoms with van der Waals surface area (Å²) in [6, 6.07) is 7.74. The molecule has 0 bridgehead atoms. The Morgan fingerprint density at radius 1 is 1.19 bits per heavy atom. The molecule has 0 aromatic heterocycles. The van der Waals surface area contributed by atoms with Crippen molar-refractivity contribution in [1.29, 1.82) is 0 Å². The van der Waals surface area contributed by atoms with Gasteiger partial charge in [-0.1, -0.05) is 19.1 Å². The number of benzene rings is 1. The van der Waals surface area contributed by atoms with Gasteiger partial charge in [0, 0.05) is 13.2 Å². The minimum absolute atomic E-state index is 0.175. The lowest BCUT2D eigenvalue weighted by atomic mass is 10.1. The first-order chi connectivity index (χ1) is 7.76. The molecule has 0 unspecified atom stereocenters. The van der Waals surface area contributed by atoms with Crippen LogP contribution in [0.4, 0.5) is 0 Å². The second-order valence-electron chi connectivity index (χ2n) is 4.04. The minimum Gasteiger partial charge on any atom is -0.494 e. The summed E-state index contributed by atoms with van der Waals surface area (Å²) in [4.78, 5) is 0. The Bertz CT molecular complexity index is 282. The molecule has 0 spiro atoms. The van der Waals surface area contributed by atoms with Crippen LogP contribution in [0.15, 0.2) is 24.3 Å². The first-order valence-corrected chi connectivity index (χ1v) is 5.69. The molecule has 0 saturated heterocycles. The molecule has 1 atom stereocenters. The molecule has 0 heterocycles. The van der Waals surface area contributed by atoms with Crippen molar-refractivity contribution in [1.82, 2.24) is 0 Å². The summed E-state index contributed by atoms with van der Waals surface area (Å²) in [5.74, 6) is 1.13. The van der Waals surface area contributed by atoms with Crippen LogP contribution >= 0.6 is 0 Å². The molecule has 3 nitrogen and oxygen atoms in total. The summed E-state index contributed by atoms with van der Waals surface area (Å²) >= 11 is 0. The van der Waals surface area contributed by atoms with Crippen molar-refractivity contribution in [3.63, 3.8) is 0 Å². The van der Waals surface area contributed by atoms with Gasteiger partial charge in [0.05, 0.1) is 6.61 Å². The lowest BCUT2D eigenvalue weighted by molar-refractivity contribution is 0.202. The molecule has 0 aliphatic carbocycles. The second kappa shape index (κ2) is 7.25. The van der Waals surface area contributed by atoms with Gasteiger partial charge in [-0.25, -0.2) is 0 Å². The molecule has 0 aliphatic rings. The van der Waals surface area contributed by atoms with E-state index in [1.807, 2.05) is 31.2 Å². The highest BCUT2D eigenvalue weighted by atomic mass is 16.5. The van der Waals surface area contributed by atoms with E-state index in [2.05, 4.69) is 0 Å². The van der Waals surface area contributed by atoms with E-state index in [4.69, 9.17) is 14.9 Å². The average molecular weight is 224 g/mol. The third kappa shape index (κ3) is 4.64. The van der Waals surface area contributed by atoms with Crippen molar-refractivity contribution in [3.8, 4) is 5.75 Å². The number of hydrogen-bond donors (Lipinski definition) is 2. The quantitative estimate of drug-likeness (QED) is 0.740. The highest BCUT2D eigenvalue weighted by Gasteiger charge is 2.00. The zero-order valence-corrected chi connectivity index (χ0v) is 9.72. The third-order valence-corrected chi connectivity index (χ3v) is 2.51.